The topological polar surface area (TPSA) is 124 Å². The molecule has 0 aromatic heterocycles. The van der Waals surface area contributed by atoms with E-state index in [0.29, 0.717) is 6.42 Å². The molecule has 1 aromatic rings. The van der Waals surface area contributed by atoms with E-state index in [-0.39, 0.29) is 23.1 Å². The van der Waals surface area contributed by atoms with E-state index in [9.17, 15) is 28.1 Å². The van der Waals surface area contributed by atoms with E-state index >= 15 is 0 Å². The molecule has 3 rings (SSSR count). The summed E-state index contributed by atoms with van der Waals surface area (Å²) >= 11 is 0. The number of carbonyl (C=O) groups is 2. The summed E-state index contributed by atoms with van der Waals surface area (Å²) in [7, 11) is -3.17. The van der Waals surface area contributed by atoms with E-state index in [0.717, 1.165) is 25.7 Å². The van der Waals surface area contributed by atoms with Gasteiger partial charge in [0.1, 0.15) is 5.56 Å². The van der Waals surface area contributed by atoms with E-state index in [1.165, 1.54) is 24.3 Å². The third kappa shape index (κ3) is 4.49. The number of rotatable bonds is 6. The number of hydrogen-bond acceptors (Lipinski definition) is 7. The molecule has 0 unspecified atom stereocenters. The van der Waals surface area contributed by atoms with Crippen LogP contribution in [-0.4, -0.2) is 60.3 Å². The summed E-state index contributed by atoms with van der Waals surface area (Å²) in [5.74, 6) is -1.44. The molecule has 0 spiro atoms. The van der Waals surface area contributed by atoms with E-state index < -0.39 is 45.0 Å². The molecule has 152 valence electrons. The number of nitro groups is 1. The summed E-state index contributed by atoms with van der Waals surface area (Å²) in [5, 5.41) is 11.0. The Morgan fingerprint density at radius 2 is 1.82 bits per heavy atom. The average molecular weight is 410 g/mol. The highest BCUT2D eigenvalue weighted by Gasteiger charge is 2.39. The monoisotopic (exact) mass is 410 g/mol. The van der Waals surface area contributed by atoms with Gasteiger partial charge in [-0.1, -0.05) is 25.0 Å². The second-order valence-corrected chi connectivity index (χ2v) is 9.38. The third-order valence-electron chi connectivity index (χ3n) is 5.26. The minimum absolute atomic E-state index is 0.0458. The first kappa shape index (κ1) is 20.2. The van der Waals surface area contributed by atoms with Gasteiger partial charge in [0.05, 0.1) is 16.4 Å². The molecule has 1 amide bonds. The molecule has 1 atom stereocenters. The number of esters is 1. The first-order valence-corrected chi connectivity index (χ1v) is 11.0. The van der Waals surface area contributed by atoms with Crippen LogP contribution in [0.15, 0.2) is 24.3 Å². The van der Waals surface area contributed by atoms with Crippen LogP contribution in [-0.2, 0) is 19.4 Å². The summed E-state index contributed by atoms with van der Waals surface area (Å²) in [5.41, 5.74) is -0.620. The van der Waals surface area contributed by atoms with Gasteiger partial charge in [0.15, 0.2) is 16.4 Å². The number of amides is 1. The lowest BCUT2D eigenvalue weighted by atomic mass is 10.1. The molecule has 0 N–H and O–H groups in total. The van der Waals surface area contributed by atoms with Gasteiger partial charge in [-0.3, -0.25) is 14.9 Å². The van der Waals surface area contributed by atoms with Crippen molar-refractivity contribution in [3.8, 4) is 0 Å². The molecular weight excluding hydrogens is 388 g/mol. The Balaban J connectivity index is 1.70. The van der Waals surface area contributed by atoms with E-state index in [1.807, 2.05) is 0 Å². The third-order valence-corrected chi connectivity index (χ3v) is 7.01. The van der Waals surface area contributed by atoms with Gasteiger partial charge < -0.3 is 9.64 Å². The van der Waals surface area contributed by atoms with Gasteiger partial charge >= 0.3 is 5.97 Å². The Labute approximate surface area is 162 Å². The van der Waals surface area contributed by atoms with Crippen LogP contribution in [0, 0.1) is 10.1 Å². The molecule has 9 nitrogen and oxygen atoms in total. The second kappa shape index (κ2) is 8.26. The molecule has 0 radical (unpaired) electrons. The van der Waals surface area contributed by atoms with Crippen molar-refractivity contribution in [3.63, 3.8) is 0 Å². The maximum Gasteiger partial charge on any atom is 0.345 e. The summed E-state index contributed by atoms with van der Waals surface area (Å²) in [6.07, 6.45) is 3.89. The molecule has 2 fully saturated rings. The van der Waals surface area contributed by atoms with E-state index in [1.54, 1.807) is 4.90 Å². The van der Waals surface area contributed by atoms with Gasteiger partial charge in [-0.2, -0.15) is 0 Å². The van der Waals surface area contributed by atoms with E-state index in [2.05, 4.69) is 0 Å². The molecular formula is C18H22N2O7S. The van der Waals surface area contributed by atoms with Crippen LogP contribution >= 0.6 is 0 Å². The summed E-state index contributed by atoms with van der Waals surface area (Å²) in [6, 6.07) is 4.89. The first-order chi connectivity index (χ1) is 13.3. The molecule has 0 bridgehead atoms. The minimum atomic E-state index is -3.17. The molecule has 1 saturated heterocycles. The van der Waals surface area contributed by atoms with Crippen LogP contribution in [0.4, 0.5) is 5.69 Å². The summed E-state index contributed by atoms with van der Waals surface area (Å²) in [6.45, 7) is -0.571. The Kier molecular flexibility index (Phi) is 5.97. The van der Waals surface area contributed by atoms with Crippen LogP contribution in [0.5, 0.6) is 0 Å². The quantitative estimate of drug-likeness (QED) is 0.397. The highest BCUT2D eigenvalue weighted by atomic mass is 32.2. The first-order valence-electron chi connectivity index (χ1n) is 9.20. The van der Waals surface area contributed by atoms with Crippen LogP contribution in [0.2, 0.25) is 0 Å². The molecule has 2 aliphatic rings. The predicted octanol–water partition coefficient (Wildman–Crippen LogP) is 1.71. The normalized spacial score (nSPS) is 21.4. The van der Waals surface area contributed by atoms with Crippen LogP contribution < -0.4 is 0 Å². The van der Waals surface area contributed by atoms with Gasteiger partial charge in [-0.25, -0.2) is 13.2 Å². The number of ether oxygens (including phenoxy) is 1. The Hall–Kier alpha value is -2.49. The summed E-state index contributed by atoms with van der Waals surface area (Å²) < 4.78 is 28.7. The van der Waals surface area contributed by atoms with Crippen molar-refractivity contribution in [1.82, 2.24) is 4.90 Å². The Morgan fingerprint density at radius 3 is 2.43 bits per heavy atom. The lowest BCUT2D eigenvalue weighted by Crippen LogP contribution is -2.48. The maximum absolute atomic E-state index is 12.8. The highest BCUT2D eigenvalue weighted by Crippen LogP contribution is 2.29. The molecule has 1 saturated carbocycles. The number of hydrogen-bond donors (Lipinski definition) is 0. The average Bonchev–Trinajstić information content (AvgIpc) is 3.30. The largest absolute Gasteiger partial charge is 0.452 e. The number of para-hydroxylation sites is 1. The number of nitro benzene ring substituents is 1. The molecule has 1 heterocycles. The standard InChI is InChI=1S/C18H22N2O7S/c21-17(11-27-18(22)15-7-3-4-8-16(15)20(23)24)19(13-5-1-2-6-13)14-9-10-28(25,26)12-14/h3-4,7-8,13-14H,1-2,5-6,9-12H2/t14-/m1/s1. The fourth-order valence-electron chi connectivity index (χ4n) is 3.97. The van der Waals surface area contributed by atoms with Crippen molar-refractivity contribution in [2.75, 3.05) is 18.1 Å². The van der Waals surface area contributed by atoms with Crippen molar-refractivity contribution in [2.45, 2.75) is 44.2 Å². The second-order valence-electron chi connectivity index (χ2n) is 7.15. The van der Waals surface area contributed by atoms with Gasteiger partial charge in [-0.15, -0.1) is 0 Å². The van der Waals surface area contributed by atoms with Gasteiger partial charge in [0.2, 0.25) is 0 Å². The molecule has 1 aromatic carbocycles. The fourth-order valence-corrected chi connectivity index (χ4v) is 5.68. The minimum Gasteiger partial charge on any atom is -0.452 e. The van der Waals surface area contributed by atoms with E-state index in [4.69, 9.17) is 4.74 Å². The fraction of sp³-hybridized carbons (Fsp3) is 0.556. The van der Waals surface area contributed by atoms with Crippen molar-refractivity contribution in [1.29, 1.82) is 0 Å². The Bertz CT molecular complexity index is 878. The lowest BCUT2D eigenvalue weighted by Gasteiger charge is -2.33. The number of carbonyl (C=O) groups excluding carboxylic acids is 2. The highest BCUT2D eigenvalue weighted by molar-refractivity contribution is 7.91. The van der Waals surface area contributed by atoms with Crippen molar-refractivity contribution in [2.24, 2.45) is 0 Å². The van der Waals surface area contributed by atoms with Gasteiger partial charge in [-0.05, 0) is 25.3 Å². The zero-order valence-electron chi connectivity index (χ0n) is 15.3. The van der Waals surface area contributed by atoms with Crippen LogP contribution in [0.1, 0.15) is 42.5 Å². The molecule has 10 heteroatoms. The van der Waals surface area contributed by atoms with Gasteiger partial charge in [0.25, 0.3) is 11.6 Å². The summed E-state index contributed by atoms with van der Waals surface area (Å²) in [4.78, 5) is 37.0. The van der Waals surface area contributed by atoms with Crippen molar-refractivity contribution >= 4 is 27.4 Å². The van der Waals surface area contributed by atoms with Crippen molar-refractivity contribution in [3.05, 3.63) is 39.9 Å². The zero-order valence-corrected chi connectivity index (χ0v) is 16.1. The SMILES string of the molecule is O=C(OCC(=O)N(C1CCCC1)[C@@H]1CCS(=O)(=O)C1)c1ccccc1[N+](=O)[O-]. The van der Waals surface area contributed by atoms with Crippen LogP contribution in [0.3, 0.4) is 0 Å². The predicted molar refractivity (Wildman–Crippen MR) is 99.5 cm³/mol. The molecule has 28 heavy (non-hydrogen) atoms. The lowest BCUT2D eigenvalue weighted by molar-refractivity contribution is -0.385. The molecule has 1 aliphatic heterocycles. The number of nitrogens with zero attached hydrogens (tertiary/aromatic N) is 2. The number of benzene rings is 1. The Morgan fingerprint density at radius 1 is 1.14 bits per heavy atom. The van der Waals surface area contributed by atoms with Gasteiger partial charge in [0, 0.05) is 18.2 Å². The maximum atomic E-state index is 12.8. The number of sulfone groups is 1. The molecule has 1 aliphatic carbocycles. The zero-order chi connectivity index (χ0) is 20.3. The smallest absolute Gasteiger partial charge is 0.345 e. The van der Waals surface area contributed by atoms with Crippen molar-refractivity contribution < 1.29 is 27.7 Å². The van der Waals surface area contributed by atoms with Crippen LogP contribution in [0.25, 0.3) is 0 Å².